The number of esters is 1. The quantitative estimate of drug-likeness (QED) is 0.839. The number of hydrogen-bond acceptors (Lipinski definition) is 4. The Labute approximate surface area is 157 Å². The molecule has 1 aliphatic heterocycles. The molecule has 6 nitrogen and oxygen atoms in total. The number of carboxylic acids is 1. The molecule has 0 fully saturated rings. The van der Waals surface area contributed by atoms with Crippen LogP contribution >= 0.6 is 0 Å². The topological polar surface area (TPSA) is 83.9 Å². The molecule has 1 amide bonds. The van der Waals surface area contributed by atoms with E-state index in [9.17, 15) is 14.4 Å². The number of nitrogens with zero attached hydrogens (tertiary/aromatic N) is 1. The molecule has 2 aromatic carbocycles. The minimum Gasteiger partial charge on any atom is -0.478 e. The maximum atomic E-state index is 12.9. The molecule has 1 heterocycles. The summed E-state index contributed by atoms with van der Waals surface area (Å²) in [6.45, 7) is 1.09. The van der Waals surface area contributed by atoms with E-state index in [1.165, 1.54) is 7.11 Å². The van der Waals surface area contributed by atoms with E-state index in [1.54, 1.807) is 41.3 Å². The molecule has 0 unspecified atom stereocenters. The Balaban J connectivity index is 1.74. The lowest BCUT2D eigenvalue weighted by Crippen LogP contribution is -2.33. The monoisotopic (exact) mass is 367 g/mol. The van der Waals surface area contributed by atoms with Crippen molar-refractivity contribution in [2.45, 2.75) is 19.3 Å². The maximum absolute atomic E-state index is 12.9. The molecular weight excluding hydrogens is 346 g/mol. The zero-order valence-corrected chi connectivity index (χ0v) is 15.1. The molecule has 0 aromatic heterocycles. The molecule has 2 aromatic rings. The number of fused-ring (bicyclic) bond motifs is 1. The van der Waals surface area contributed by atoms with E-state index in [1.807, 2.05) is 6.07 Å². The minimum atomic E-state index is -0.947. The molecule has 140 valence electrons. The Bertz CT molecular complexity index is 890. The molecule has 0 atom stereocenters. The van der Waals surface area contributed by atoms with Crippen LogP contribution in [0.1, 0.15) is 37.4 Å². The maximum Gasteiger partial charge on any atom is 0.335 e. The lowest BCUT2D eigenvalue weighted by atomic mass is 10.0. The molecule has 1 N–H and O–H groups in total. The number of amides is 1. The van der Waals surface area contributed by atoms with Crippen molar-refractivity contribution in [3.05, 3.63) is 70.3 Å². The van der Waals surface area contributed by atoms with E-state index < -0.39 is 5.97 Å². The second kappa shape index (κ2) is 8.03. The summed E-state index contributed by atoms with van der Waals surface area (Å²) in [7, 11) is 1.34. The van der Waals surface area contributed by atoms with Gasteiger partial charge in [-0.15, -0.1) is 0 Å². The zero-order valence-electron chi connectivity index (χ0n) is 15.1. The van der Waals surface area contributed by atoms with E-state index in [0.29, 0.717) is 31.5 Å². The Morgan fingerprint density at radius 1 is 1.00 bits per heavy atom. The van der Waals surface area contributed by atoms with Crippen molar-refractivity contribution in [3.8, 4) is 0 Å². The fourth-order valence-electron chi connectivity index (χ4n) is 3.30. The van der Waals surface area contributed by atoms with Gasteiger partial charge in [0.25, 0.3) is 5.91 Å². The van der Waals surface area contributed by atoms with Crippen molar-refractivity contribution in [2.75, 3.05) is 20.2 Å². The summed E-state index contributed by atoms with van der Waals surface area (Å²) < 4.78 is 4.67. The summed E-state index contributed by atoms with van der Waals surface area (Å²) >= 11 is 0. The molecule has 0 bridgehead atoms. The largest absolute Gasteiger partial charge is 0.478 e. The molecule has 0 saturated heterocycles. The van der Waals surface area contributed by atoms with Crippen molar-refractivity contribution in [2.24, 2.45) is 0 Å². The van der Waals surface area contributed by atoms with Gasteiger partial charge in [0.2, 0.25) is 0 Å². The van der Waals surface area contributed by atoms with Crippen LogP contribution in [0.15, 0.2) is 42.5 Å². The van der Waals surface area contributed by atoms with Crippen LogP contribution in [0.4, 0.5) is 0 Å². The van der Waals surface area contributed by atoms with Gasteiger partial charge in [-0.25, -0.2) is 4.79 Å². The molecule has 0 saturated carbocycles. The van der Waals surface area contributed by atoms with Crippen LogP contribution < -0.4 is 0 Å². The smallest absolute Gasteiger partial charge is 0.335 e. The van der Waals surface area contributed by atoms with Crippen molar-refractivity contribution in [1.82, 2.24) is 4.90 Å². The number of methoxy groups -OCH3 is 1. The predicted octanol–water partition coefficient (Wildman–Crippen LogP) is 2.34. The van der Waals surface area contributed by atoms with Gasteiger partial charge in [0, 0.05) is 18.7 Å². The number of rotatable bonds is 4. The van der Waals surface area contributed by atoms with Crippen molar-refractivity contribution in [3.63, 3.8) is 0 Å². The molecule has 3 rings (SSSR count). The van der Waals surface area contributed by atoms with Crippen LogP contribution in [-0.4, -0.2) is 48.1 Å². The van der Waals surface area contributed by atoms with Gasteiger partial charge in [-0.2, -0.15) is 0 Å². The highest BCUT2D eigenvalue weighted by molar-refractivity contribution is 5.94. The van der Waals surface area contributed by atoms with Gasteiger partial charge in [0.1, 0.15) is 0 Å². The lowest BCUT2D eigenvalue weighted by Gasteiger charge is -2.20. The van der Waals surface area contributed by atoms with Crippen LogP contribution in [-0.2, 0) is 28.8 Å². The normalized spacial score (nSPS) is 13.4. The summed E-state index contributed by atoms with van der Waals surface area (Å²) in [4.78, 5) is 37.3. The number of carbonyl (C=O) groups is 3. The molecule has 0 aliphatic carbocycles. The molecule has 0 radical (unpaired) electrons. The van der Waals surface area contributed by atoms with Gasteiger partial charge in [-0.1, -0.05) is 18.2 Å². The fourth-order valence-corrected chi connectivity index (χ4v) is 3.30. The van der Waals surface area contributed by atoms with E-state index in [4.69, 9.17) is 5.11 Å². The van der Waals surface area contributed by atoms with Gasteiger partial charge in [-0.3, -0.25) is 9.59 Å². The SMILES string of the molecule is COC(=O)Cc1cccc(C(=O)N2CCc3ccc(C(=O)O)cc3CC2)c1. The van der Waals surface area contributed by atoms with E-state index >= 15 is 0 Å². The predicted molar refractivity (Wildman–Crippen MR) is 98.9 cm³/mol. The second-order valence-electron chi connectivity index (χ2n) is 6.53. The van der Waals surface area contributed by atoms with Crippen LogP contribution in [0.2, 0.25) is 0 Å². The lowest BCUT2D eigenvalue weighted by molar-refractivity contribution is -0.139. The number of hydrogen-bond donors (Lipinski definition) is 1. The van der Waals surface area contributed by atoms with Crippen LogP contribution in [0.25, 0.3) is 0 Å². The summed E-state index contributed by atoms with van der Waals surface area (Å²) in [5.41, 5.74) is 3.59. The molecule has 1 aliphatic rings. The molecule has 27 heavy (non-hydrogen) atoms. The highest BCUT2D eigenvalue weighted by atomic mass is 16.5. The summed E-state index contributed by atoms with van der Waals surface area (Å²) in [6.07, 6.45) is 1.42. The first kappa shape index (κ1) is 18.6. The minimum absolute atomic E-state index is 0.0898. The fraction of sp³-hybridized carbons (Fsp3) is 0.286. The van der Waals surface area contributed by atoms with Gasteiger partial charge in [0.05, 0.1) is 19.1 Å². The van der Waals surface area contributed by atoms with E-state index in [-0.39, 0.29) is 23.9 Å². The van der Waals surface area contributed by atoms with Gasteiger partial charge >= 0.3 is 11.9 Å². The van der Waals surface area contributed by atoms with Crippen LogP contribution in [0.5, 0.6) is 0 Å². The number of carboxylic acid groups (broad SMARTS) is 1. The van der Waals surface area contributed by atoms with E-state index in [0.717, 1.165) is 16.7 Å². The molecular formula is C21H21NO5. The second-order valence-corrected chi connectivity index (χ2v) is 6.53. The zero-order chi connectivity index (χ0) is 19.4. The third-order valence-electron chi connectivity index (χ3n) is 4.79. The Hall–Kier alpha value is -3.15. The Morgan fingerprint density at radius 3 is 2.44 bits per heavy atom. The summed E-state index contributed by atoms with van der Waals surface area (Å²) in [5.74, 6) is -1.38. The average molecular weight is 367 g/mol. The van der Waals surface area contributed by atoms with E-state index in [2.05, 4.69) is 4.74 Å². The van der Waals surface area contributed by atoms with Crippen LogP contribution in [0.3, 0.4) is 0 Å². The first-order valence-electron chi connectivity index (χ1n) is 8.78. The van der Waals surface area contributed by atoms with Crippen molar-refractivity contribution in [1.29, 1.82) is 0 Å². The Morgan fingerprint density at radius 2 is 1.74 bits per heavy atom. The van der Waals surface area contributed by atoms with Gasteiger partial charge in [-0.05, 0) is 53.8 Å². The highest BCUT2D eigenvalue weighted by Crippen LogP contribution is 2.20. The first-order chi connectivity index (χ1) is 13.0. The Kier molecular flexibility index (Phi) is 5.54. The third kappa shape index (κ3) is 4.34. The number of aromatic carboxylic acids is 1. The summed E-state index contributed by atoms with van der Waals surface area (Å²) in [6, 6.07) is 12.2. The van der Waals surface area contributed by atoms with Crippen LogP contribution in [0, 0.1) is 0 Å². The molecule has 6 heteroatoms. The number of carbonyl (C=O) groups excluding carboxylic acids is 2. The van der Waals surface area contributed by atoms with Crippen molar-refractivity contribution < 1.29 is 24.2 Å². The highest BCUT2D eigenvalue weighted by Gasteiger charge is 2.21. The third-order valence-corrected chi connectivity index (χ3v) is 4.79. The van der Waals surface area contributed by atoms with Gasteiger partial charge in [0.15, 0.2) is 0 Å². The molecule has 0 spiro atoms. The standard InChI is InChI=1S/C21H21NO5/c1-27-19(23)12-14-3-2-4-17(11-14)20(24)22-9-7-15-5-6-18(21(25)26)13-16(15)8-10-22/h2-6,11,13H,7-10,12H2,1H3,(H,25,26). The van der Waals surface area contributed by atoms with Gasteiger partial charge < -0.3 is 14.7 Å². The summed E-state index contributed by atoms with van der Waals surface area (Å²) in [5, 5.41) is 9.15. The number of benzene rings is 2. The van der Waals surface area contributed by atoms with Crippen molar-refractivity contribution >= 4 is 17.8 Å². The first-order valence-corrected chi connectivity index (χ1v) is 8.78. The number of ether oxygens (including phenoxy) is 1. The average Bonchev–Trinajstić information content (AvgIpc) is 2.89.